The monoisotopic (exact) mass is 359 g/mol. The van der Waals surface area contributed by atoms with E-state index in [0.29, 0.717) is 6.42 Å². The van der Waals surface area contributed by atoms with Crippen molar-refractivity contribution in [2.24, 2.45) is 0 Å². The van der Waals surface area contributed by atoms with Crippen LogP contribution in [0, 0.1) is 5.82 Å². The molecule has 1 N–H and O–H groups in total. The largest absolute Gasteiger partial charge is 0.340 e. The minimum absolute atomic E-state index is 0.225. The number of hydrogen-bond acceptors (Lipinski definition) is 3. The first-order valence-corrected chi connectivity index (χ1v) is 10.2. The van der Waals surface area contributed by atoms with Crippen molar-refractivity contribution >= 4 is 5.91 Å². The molecule has 3 fully saturated rings. The Kier molecular flexibility index (Phi) is 5.28. The third-order valence-corrected chi connectivity index (χ3v) is 6.48. The summed E-state index contributed by atoms with van der Waals surface area (Å²) in [5, 5.41) is 3.51. The maximum Gasteiger partial charge on any atom is 0.243 e. The summed E-state index contributed by atoms with van der Waals surface area (Å²) in [5.74, 6) is 0.0203. The van der Waals surface area contributed by atoms with Gasteiger partial charge in [-0.2, -0.15) is 0 Å². The molecule has 1 aromatic rings. The van der Waals surface area contributed by atoms with Gasteiger partial charge in [0.05, 0.1) is 0 Å². The minimum atomic E-state index is -0.510. The van der Waals surface area contributed by atoms with Gasteiger partial charge in [-0.1, -0.05) is 18.6 Å². The second kappa shape index (κ2) is 7.65. The number of nitrogens with one attached hydrogen (secondary N) is 1. The lowest BCUT2D eigenvalue weighted by atomic mass is 9.87. The molecule has 0 spiro atoms. The molecule has 0 bridgehead atoms. The second-order valence-electron chi connectivity index (χ2n) is 8.18. The van der Waals surface area contributed by atoms with E-state index >= 15 is 0 Å². The summed E-state index contributed by atoms with van der Waals surface area (Å²) in [4.78, 5) is 18.1. The SMILES string of the molecule is O=C(N1CCCN(C2CCC2)CC1)[C@@]1(Cc2ccc(F)cc2)CCCN1. The number of benzene rings is 1. The number of carbonyl (C=O) groups excluding carboxylic acids is 1. The van der Waals surface area contributed by atoms with E-state index in [2.05, 4.69) is 15.1 Å². The van der Waals surface area contributed by atoms with Gasteiger partial charge in [-0.25, -0.2) is 4.39 Å². The zero-order chi connectivity index (χ0) is 18.0. The predicted octanol–water partition coefficient (Wildman–Crippen LogP) is 2.58. The van der Waals surface area contributed by atoms with Crippen molar-refractivity contribution in [1.29, 1.82) is 0 Å². The van der Waals surface area contributed by atoms with Gasteiger partial charge >= 0.3 is 0 Å². The smallest absolute Gasteiger partial charge is 0.243 e. The normalized spacial score (nSPS) is 28.0. The van der Waals surface area contributed by atoms with Gasteiger partial charge in [0.2, 0.25) is 5.91 Å². The van der Waals surface area contributed by atoms with Crippen molar-refractivity contribution < 1.29 is 9.18 Å². The van der Waals surface area contributed by atoms with E-state index in [9.17, 15) is 9.18 Å². The van der Waals surface area contributed by atoms with Gasteiger partial charge in [0, 0.05) is 32.2 Å². The minimum Gasteiger partial charge on any atom is -0.340 e. The Morgan fingerprint density at radius 1 is 1.08 bits per heavy atom. The van der Waals surface area contributed by atoms with Crippen molar-refractivity contribution in [2.45, 2.75) is 56.5 Å². The van der Waals surface area contributed by atoms with Crippen molar-refractivity contribution in [3.8, 4) is 0 Å². The Morgan fingerprint density at radius 2 is 1.88 bits per heavy atom. The predicted molar refractivity (Wildman–Crippen MR) is 100 cm³/mol. The average Bonchev–Trinajstić information content (AvgIpc) is 2.94. The van der Waals surface area contributed by atoms with Crippen LogP contribution in [0.1, 0.15) is 44.1 Å². The summed E-state index contributed by atoms with van der Waals surface area (Å²) >= 11 is 0. The quantitative estimate of drug-likeness (QED) is 0.898. The lowest BCUT2D eigenvalue weighted by Crippen LogP contribution is -2.57. The fourth-order valence-electron chi connectivity index (χ4n) is 4.73. The maximum atomic E-state index is 13.5. The molecule has 1 amide bonds. The Hall–Kier alpha value is -1.46. The van der Waals surface area contributed by atoms with Crippen molar-refractivity contribution in [2.75, 3.05) is 32.7 Å². The van der Waals surface area contributed by atoms with Crippen LogP contribution in [0.4, 0.5) is 4.39 Å². The standard InChI is InChI=1S/C21H30FN3O/c22-18-8-6-17(7-9-18)16-21(10-2-11-23-21)20(26)25-13-3-12-24(14-15-25)19-4-1-5-19/h6-9,19,23H,1-5,10-16H2/t21-/m0/s1. The van der Waals surface area contributed by atoms with E-state index in [1.54, 1.807) is 0 Å². The highest BCUT2D eigenvalue weighted by molar-refractivity contribution is 5.87. The number of carbonyl (C=O) groups is 1. The number of hydrogen-bond donors (Lipinski definition) is 1. The zero-order valence-corrected chi connectivity index (χ0v) is 15.6. The molecular weight excluding hydrogens is 329 g/mol. The first-order valence-electron chi connectivity index (χ1n) is 10.2. The Balaban J connectivity index is 1.45. The first kappa shape index (κ1) is 17.9. The van der Waals surface area contributed by atoms with Crippen molar-refractivity contribution in [1.82, 2.24) is 15.1 Å². The molecule has 2 heterocycles. The lowest BCUT2D eigenvalue weighted by Gasteiger charge is -2.37. The number of amides is 1. The maximum absolute atomic E-state index is 13.5. The summed E-state index contributed by atoms with van der Waals surface area (Å²) in [6, 6.07) is 7.36. The van der Waals surface area contributed by atoms with Crippen LogP contribution in [0.3, 0.4) is 0 Å². The van der Waals surface area contributed by atoms with Gasteiger partial charge in [0.15, 0.2) is 0 Å². The van der Waals surface area contributed by atoms with Gasteiger partial charge in [-0.05, 0) is 62.8 Å². The van der Waals surface area contributed by atoms with Crippen LogP contribution in [0.15, 0.2) is 24.3 Å². The van der Waals surface area contributed by atoms with Gasteiger partial charge < -0.3 is 10.2 Å². The average molecular weight is 359 g/mol. The van der Waals surface area contributed by atoms with Crippen LogP contribution in [0.5, 0.6) is 0 Å². The molecule has 0 unspecified atom stereocenters. The van der Waals surface area contributed by atoms with Crippen LogP contribution >= 0.6 is 0 Å². The van der Waals surface area contributed by atoms with Crippen LogP contribution in [0.25, 0.3) is 0 Å². The van der Waals surface area contributed by atoms with Gasteiger partial charge in [-0.3, -0.25) is 9.69 Å². The topological polar surface area (TPSA) is 35.6 Å². The van der Waals surface area contributed by atoms with Gasteiger partial charge in [-0.15, -0.1) is 0 Å². The molecule has 2 aliphatic heterocycles. The number of halogens is 1. The van der Waals surface area contributed by atoms with Crippen molar-refractivity contribution in [3.63, 3.8) is 0 Å². The number of nitrogens with zero attached hydrogens (tertiary/aromatic N) is 2. The first-order chi connectivity index (χ1) is 12.7. The van der Waals surface area contributed by atoms with Crippen LogP contribution in [0.2, 0.25) is 0 Å². The molecule has 4 nitrogen and oxygen atoms in total. The molecule has 2 saturated heterocycles. The van der Waals surface area contributed by atoms with E-state index < -0.39 is 5.54 Å². The molecule has 0 radical (unpaired) electrons. The Labute approximate surface area is 155 Å². The van der Waals surface area contributed by atoms with Crippen LogP contribution in [-0.4, -0.2) is 60.0 Å². The molecule has 1 saturated carbocycles. The van der Waals surface area contributed by atoms with Crippen LogP contribution in [-0.2, 0) is 11.2 Å². The van der Waals surface area contributed by atoms with E-state index in [0.717, 1.165) is 63.6 Å². The second-order valence-corrected chi connectivity index (χ2v) is 8.18. The highest BCUT2D eigenvalue weighted by Crippen LogP contribution is 2.29. The van der Waals surface area contributed by atoms with E-state index in [-0.39, 0.29) is 11.7 Å². The Bertz CT molecular complexity index is 623. The fourth-order valence-corrected chi connectivity index (χ4v) is 4.73. The molecule has 5 heteroatoms. The van der Waals surface area contributed by atoms with Crippen molar-refractivity contribution in [3.05, 3.63) is 35.6 Å². The Morgan fingerprint density at radius 3 is 2.54 bits per heavy atom. The molecule has 1 atom stereocenters. The number of rotatable bonds is 4. The molecule has 3 aliphatic rings. The summed E-state index contributed by atoms with van der Waals surface area (Å²) < 4.78 is 13.2. The lowest BCUT2D eigenvalue weighted by molar-refractivity contribution is -0.137. The molecule has 142 valence electrons. The summed E-state index contributed by atoms with van der Waals surface area (Å²) in [6.07, 6.45) is 7.60. The van der Waals surface area contributed by atoms with Crippen LogP contribution < -0.4 is 5.32 Å². The zero-order valence-electron chi connectivity index (χ0n) is 15.6. The summed E-state index contributed by atoms with van der Waals surface area (Å²) in [7, 11) is 0. The molecule has 1 aliphatic carbocycles. The highest BCUT2D eigenvalue weighted by Gasteiger charge is 2.43. The molecular formula is C21H30FN3O. The highest BCUT2D eigenvalue weighted by atomic mass is 19.1. The summed E-state index contributed by atoms with van der Waals surface area (Å²) in [5.41, 5.74) is 0.517. The van der Waals surface area contributed by atoms with E-state index in [1.165, 1.54) is 31.4 Å². The summed E-state index contributed by atoms with van der Waals surface area (Å²) in [6.45, 7) is 4.70. The molecule has 1 aromatic carbocycles. The molecule has 4 rings (SSSR count). The third kappa shape index (κ3) is 3.65. The van der Waals surface area contributed by atoms with E-state index in [4.69, 9.17) is 0 Å². The fraction of sp³-hybridized carbons (Fsp3) is 0.667. The molecule has 0 aromatic heterocycles. The van der Waals surface area contributed by atoms with E-state index in [1.807, 2.05) is 12.1 Å². The van der Waals surface area contributed by atoms with Gasteiger partial charge in [0.1, 0.15) is 11.4 Å². The molecule has 26 heavy (non-hydrogen) atoms. The van der Waals surface area contributed by atoms with Gasteiger partial charge in [0.25, 0.3) is 0 Å². The third-order valence-electron chi connectivity index (χ3n) is 6.48.